The number of nitrogens with one attached hydrogen (secondary N) is 2. The second-order valence-electron chi connectivity index (χ2n) is 5.91. The second kappa shape index (κ2) is 5.93. The normalized spacial score (nSPS) is 17.4. The summed E-state index contributed by atoms with van der Waals surface area (Å²) in [4.78, 5) is 18.4. The number of benzene rings is 1. The molecular weight excluding hydrogens is 306 g/mol. The molecule has 1 aliphatic heterocycles. The van der Waals surface area contributed by atoms with Crippen molar-refractivity contribution in [2.75, 3.05) is 18.4 Å². The van der Waals surface area contributed by atoms with Crippen molar-refractivity contribution in [1.82, 2.24) is 20.1 Å². The molecule has 0 spiro atoms. The number of hydrogen-bond donors (Lipinski definition) is 3. The smallest absolute Gasteiger partial charge is 0.257 e. The first-order valence-electron chi connectivity index (χ1n) is 7.82. The highest BCUT2D eigenvalue weighted by Crippen LogP contribution is 2.25. The Morgan fingerprint density at radius 3 is 3.08 bits per heavy atom. The molecule has 1 aromatic carbocycles. The number of anilines is 2. The number of hydrogen-bond acceptors (Lipinski definition) is 5. The lowest BCUT2D eigenvalue weighted by Gasteiger charge is -2.18. The van der Waals surface area contributed by atoms with Gasteiger partial charge < -0.3 is 15.3 Å². The van der Waals surface area contributed by atoms with Crippen LogP contribution in [0.3, 0.4) is 0 Å². The number of likely N-dealkylation sites (tertiary alicyclic amines) is 1. The Balaban J connectivity index is 1.62. The van der Waals surface area contributed by atoms with Crippen LogP contribution in [0.1, 0.15) is 16.8 Å². The summed E-state index contributed by atoms with van der Waals surface area (Å²) in [6.07, 6.45) is 5.14. The quantitative estimate of drug-likeness (QED) is 0.684. The minimum Gasteiger partial charge on any atom is -0.391 e. The fourth-order valence-corrected chi connectivity index (χ4v) is 2.95. The predicted octanol–water partition coefficient (Wildman–Crippen LogP) is 1.91. The Morgan fingerprint density at radius 2 is 2.25 bits per heavy atom. The number of aromatic nitrogens is 3. The summed E-state index contributed by atoms with van der Waals surface area (Å²) in [6, 6.07) is 7.60. The van der Waals surface area contributed by atoms with E-state index in [0.717, 1.165) is 16.6 Å². The van der Waals surface area contributed by atoms with Gasteiger partial charge in [0.25, 0.3) is 5.91 Å². The number of H-pyrrole nitrogens is 1. The molecule has 3 N–H and O–H groups in total. The molecule has 0 unspecified atom stereocenters. The summed E-state index contributed by atoms with van der Waals surface area (Å²) in [5.74, 6) is -0.119. The Kier molecular flexibility index (Phi) is 3.62. The van der Waals surface area contributed by atoms with Gasteiger partial charge in [-0.05, 0) is 30.7 Å². The fraction of sp³-hybridized carbons (Fsp3) is 0.235. The molecule has 4 rings (SSSR count). The fourth-order valence-electron chi connectivity index (χ4n) is 2.95. The number of aliphatic hydroxyl groups is 1. The summed E-state index contributed by atoms with van der Waals surface area (Å²) in [7, 11) is 0. The lowest BCUT2D eigenvalue weighted by atomic mass is 10.2. The van der Waals surface area contributed by atoms with E-state index in [1.807, 2.05) is 18.2 Å². The van der Waals surface area contributed by atoms with Crippen LogP contribution < -0.4 is 5.32 Å². The van der Waals surface area contributed by atoms with E-state index in [1.54, 1.807) is 29.6 Å². The molecule has 1 aliphatic rings. The number of aliphatic hydroxyl groups excluding tert-OH is 1. The number of carbonyl (C=O) groups is 1. The lowest BCUT2D eigenvalue weighted by molar-refractivity contribution is 0.0765. The Hall–Kier alpha value is -2.93. The molecule has 7 heteroatoms. The standard InChI is InChI=1S/C17H17N5O2/c23-13-4-6-22(10-13)17(24)14-9-18-5-3-16(14)20-12-1-2-15-11(7-12)8-19-21-15/h1-3,5,7-9,13,23H,4,6,10H2,(H,18,20)(H,19,21)/t13-/m1/s1. The molecule has 0 aliphatic carbocycles. The summed E-state index contributed by atoms with van der Waals surface area (Å²) >= 11 is 0. The van der Waals surface area contributed by atoms with Crippen LogP contribution in [0.5, 0.6) is 0 Å². The van der Waals surface area contributed by atoms with Gasteiger partial charge in [-0.1, -0.05) is 0 Å². The average Bonchev–Trinajstić information content (AvgIpc) is 3.23. The topological polar surface area (TPSA) is 94.1 Å². The van der Waals surface area contributed by atoms with Crippen LogP contribution in [0.2, 0.25) is 0 Å². The van der Waals surface area contributed by atoms with E-state index in [2.05, 4.69) is 20.5 Å². The van der Waals surface area contributed by atoms with E-state index in [0.29, 0.717) is 30.8 Å². The number of carbonyl (C=O) groups excluding carboxylic acids is 1. The van der Waals surface area contributed by atoms with Crippen LogP contribution in [0.25, 0.3) is 10.9 Å². The van der Waals surface area contributed by atoms with Gasteiger partial charge in [-0.2, -0.15) is 5.10 Å². The monoisotopic (exact) mass is 323 g/mol. The van der Waals surface area contributed by atoms with Gasteiger partial charge in [0.1, 0.15) is 0 Å². The molecule has 1 atom stereocenters. The van der Waals surface area contributed by atoms with Gasteiger partial charge in [-0.3, -0.25) is 14.9 Å². The largest absolute Gasteiger partial charge is 0.391 e. The molecule has 7 nitrogen and oxygen atoms in total. The van der Waals surface area contributed by atoms with E-state index in [1.165, 1.54) is 0 Å². The Morgan fingerprint density at radius 1 is 1.33 bits per heavy atom. The molecule has 24 heavy (non-hydrogen) atoms. The number of nitrogens with zero attached hydrogens (tertiary/aromatic N) is 3. The third kappa shape index (κ3) is 2.69. The number of aromatic amines is 1. The van der Waals surface area contributed by atoms with E-state index in [4.69, 9.17) is 0 Å². The first kappa shape index (κ1) is 14.6. The summed E-state index contributed by atoms with van der Waals surface area (Å²) < 4.78 is 0. The van der Waals surface area contributed by atoms with Crippen LogP contribution in [0, 0.1) is 0 Å². The highest BCUT2D eigenvalue weighted by atomic mass is 16.3. The van der Waals surface area contributed by atoms with E-state index in [9.17, 15) is 9.90 Å². The zero-order valence-electron chi connectivity index (χ0n) is 12.9. The van der Waals surface area contributed by atoms with Gasteiger partial charge in [-0.15, -0.1) is 0 Å². The highest BCUT2D eigenvalue weighted by molar-refractivity contribution is 6.00. The number of pyridine rings is 1. The van der Waals surface area contributed by atoms with Gasteiger partial charge >= 0.3 is 0 Å². The molecule has 3 aromatic rings. The number of β-amino-alcohol motifs (C(OH)–C–C–N with tert-alkyl or cyclic N) is 1. The van der Waals surface area contributed by atoms with Crippen LogP contribution in [-0.4, -0.2) is 50.3 Å². The first-order valence-corrected chi connectivity index (χ1v) is 7.82. The minimum atomic E-state index is -0.439. The Bertz CT molecular complexity index is 891. The second-order valence-corrected chi connectivity index (χ2v) is 5.91. The van der Waals surface area contributed by atoms with E-state index >= 15 is 0 Å². The molecule has 0 bridgehead atoms. The molecule has 122 valence electrons. The first-order chi connectivity index (χ1) is 11.7. The summed E-state index contributed by atoms with van der Waals surface area (Å²) in [6.45, 7) is 0.934. The SMILES string of the molecule is O=C(c1cnccc1Nc1ccc2[nH]ncc2c1)N1CC[C@@H](O)C1. The number of rotatable bonds is 3. The molecular formula is C17H17N5O2. The lowest BCUT2D eigenvalue weighted by Crippen LogP contribution is -2.30. The van der Waals surface area contributed by atoms with Crippen LogP contribution >= 0.6 is 0 Å². The van der Waals surface area contributed by atoms with Crippen molar-refractivity contribution in [2.45, 2.75) is 12.5 Å². The maximum atomic E-state index is 12.7. The molecule has 1 amide bonds. The van der Waals surface area contributed by atoms with Crippen LogP contribution in [-0.2, 0) is 0 Å². The predicted molar refractivity (Wildman–Crippen MR) is 90.1 cm³/mol. The van der Waals surface area contributed by atoms with Gasteiger partial charge in [0.2, 0.25) is 0 Å². The summed E-state index contributed by atoms with van der Waals surface area (Å²) in [5, 5.41) is 20.8. The van der Waals surface area contributed by atoms with Crippen molar-refractivity contribution >= 4 is 28.2 Å². The van der Waals surface area contributed by atoms with Crippen LogP contribution in [0.4, 0.5) is 11.4 Å². The van der Waals surface area contributed by atoms with Gasteiger partial charge in [-0.25, -0.2) is 0 Å². The molecule has 2 aromatic heterocycles. The Labute approximate surface area is 138 Å². The van der Waals surface area contributed by atoms with E-state index < -0.39 is 6.10 Å². The number of amides is 1. The number of fused-ring (bicyclic) bond motifs is 1. The highest BCUT2D eigenvalue weighted by Gasteiger charge is 2.27. The van der Waals surface area contributed by atoms with Crippen molar-refractivity contribution in [2.24, 2.45) is 0 Å². The third-order valence-corrected chi connectivity index (χ3v) is 4.22. The maximum absolute atomic E-state index is 12.7. The average molecular weight is 323 g/mol. The van der Waals surface area contributed by atoms with Gasteiger partial charge in [0, 0.05) is 36.6 Å². The van der Waals surface area contributed by atoms with Crippen molar-refractivity contribution in [1.29, 1.82) is 0 Å². The van der Waals surface area contributed by atoms with Gasteiger partial charge in [0.15, 0.2) is 0 Å². The third-order valence-electron chi connectivity index (χ3n) is 4.22. The maximum Gasteiger partial charge on any atom is 0.257 e. The minimum absolute atomic E-state index is 0.119. The van der Waals surface area contributed by atoms with Crippen molar-refractivity contribution in [3.63, 3.8) is 0 Å². The van der Waals surface area contributed by atoms with Crippen molar-refractivity contribution < 1.29 is 9.90 Å². The molecule has 3 heterocycles. The van der Waals surface area contributed by atoms with E-state index in [-0.39, 0.29) is 5.91 Å². The zero-order chi connectivity index (χ0) is 16.5. The van der Waals surface area contributed by atoms with Crippen LogP contribution in [0.15, 0.2) is 42.9 Å². The van der Waals surface area contributed by atoms with Gasteiger partial charge in [0.05, 0.1) is 29.1 Å². The zero-order valence-corrected chi connectivity index (χ0v) is 12.9. The molecule has 1 saturated heterocycles. The summed E-state index contributed by atoms with van der Waals surface area (Å²) in [5.41, 5.74) is 3.02. The molecule has 1 fully saturated rings. The molecule has 0 radical (unpaired) electrons. The van der Waals surface area contributed by atoms with Crippen molar-refractivity contribution in [3.8, 4) is 0 Å². The molecule has 0 saturated carbocycles. The van der Waals surface area contributed by atoms with Crippen molar-refractivity contribution in [3.05, 3.63) is 48.4 Å².